The molecule has 0 aliphatic rings. The number of rotatable bonds is 5. The Bertz CT molecular complexity index is 697. The first-order chi connectivity index (χ1) is 9.92. The average Bonchev–Trinajstić information content (AvgIpc) is 2.47. The van der Waals surface area contributed by atoms with E-state index >= 15 is 0 Å². The molecule has 3 nitrogen and oxygen atoms in total. The van der Waals surface area contributed by atoms with Crippen LogP contribution in [0.25, 0.3) is 0 Å². The van der Waals surface area contributed by atoms with Gasteiger partial charge in [-0.05, 0) is 55.1 Å². The minimum atomic E-state index is -3.60. The molecule has 2 aromatic rings. The van der Waals surface area contributed by atoms with Crippen molar-refractivity contribution in [2.45, 2.75) is 22.8 Å². The van der Waals surface area contributed by atoms with E-state index in [-0.39, 0.29) is 10.7 Å². The molecule has 21 heavy (non-hydrogen) atoms. The Labute approximate surface area is 128 Å². The second-order valence-corrected chi connectivity index (χ2v) is 7.16. The number of hydrogen-bond donors (Lipinski definition) is 1. The fourth-order valence-electron chi connectivity index (χ4n) is 1.88. The predicted octanol–water partition coefficient (Wildman–Crippen LogP) is 3.59. The summed E-state index contributed by atoms with van der Waals surface area (Å²) in [7, 11) is -3.60. The van der Waals surface area contributed by atoms with Crippen molar-refractivity contribution >= 4 is 21.8 Å². The highest BCUT2D eigenvalue weighted by atomic mass is 32.2. The fraction of sp³-hybridized carbons (Fsp3) is 0.200. The van der Waals surface area contributed by atoms with Crippen LogP contribution in [0.4, 0.5) is 4.39 Å². The molecule has 0 saturated heterocycles. The van der Waals surface area contributed by atoms with E-state index in [4.69, 9.17) is 0 Å². The summed E-state index contributed by atoms with van der Waals surface area (Å²) in [6.07, 6.45) is 1.93. The van der Waals surface area contributed by atoms with Crippen LogP contribution in [-0.2, 0) is 10.0 Å². The van der Waals surface area contributed by atoms with Crippen LogP contribution in [-0.4, -0.2) is 14.7 Å². The van der Waals surface area contributed by atoms with E-state index in [2.05, 4.69) is 4.72 Å². The lowest BCUT2D eigenvalue weighted by Crippen LogP contribution is -2.26. The summed E-state index contributed by atoms with van der Waals surface area (Å²) < 4.78 is 40.1. The van der Waals surface area contributed by atoms with Gasteiger partial charge in [-0.1, -0.05) is 12.1 Å². The van der Waals surface area contributed by atoms with Gasteiger partial charge >= 0.3 is 0 Å². The van der Waals surface area contributed by atoms with Crippen molar-refractivity contribution in [2.75, 3.05) is 6.26 Å². The van der Waals surface area contributed by atoms with E-state index in [9.17, 15) is 12.8 Å². The van der Waals surface area contributed by atoms with Gasteiger partial charge in [-0.2, -0.15) is 0 Å². The van der Waals surface area contributed by atoms with Crippen LogP contribution in [0.3, 0.4) is 0 Å². The van der Waals surface area contributed by atoms with Crippen molar-refractivity contribution < 1.29 is 12.8 Å². The standard InChI is InChI=1S/C15H16FNO2S2/c1-11(12-3-5-13(16)6-4-12)17-21(18,19)15-9-7-14(20-2)8-10-15/h3-11,17H,1-2H3. The highest BCUT2D eigenvalue weighted by Crippen LogP contribution is 2.20. The van der Waals surface area contributed by atoms with Crippen LogP contribution in [0.1, 0.15) is 18.5 Å². The Kier molecular flexibility index (Phi) is 5.03. The molecule has 1 atom stereocenters. The van der Waals surface area contributed by atoms with Gasteiger partial charge in [0, 0.05) is 10.9 Å². The zero-order valence-electron chi connectivity index (χ0n) is 11.7. The third kappa shape index (κ3) is 4.06. The zero-order valence-corrected chi connectivity index (χ0v) is 13.3. The topological polar surface area (TPSA) is 46.2 Å². The maximum Gasteiger partial charge on any atom is 0.241 e. The van der Waals surface area contributed by atoms with Gasteiger partial charge in [-0.3, -0.25) is 0 Å². The van der Waals surface area contributed by atoms with Gasteiger partial charge in [0.2, 0.25) is 10.0 Å². The number of nitrogens with one attached hydrogen (secondary N) is 1. The molecule has 1 N–H and O–H groups in total. The first-order valence-electron chi connectivity index (χ1n) is 6.34. The molecule has 0 fully saturated rings. The number of hydrogen-bond acceptors (Lipinski definition) is 3. The SMILES string of the molecule is CSc1ccc(S(=O)(=O)NC(C)c2ccc(F)cc2)cc1. The number of halogens is 1. The van der Waals surface area contributed by atoms with Gasteiger partial charge in [0.25, 0.3) is 0 Å². The van der Waals surface area contributed by atoms with Crippen molar-refractivity contribution in [2.24, 2.45) is 0 Å². The van der Waals surface area contributed by atoms with E-state index in [1.807, 2.05) is 6.26 Å². The summed E-state index contributed by atoms with van der Waals surface area (Å²) in [4.78, 5) is 1.22. The predicted molar refractivity (Wildman–Crippen MR) is 83.4 cm³/mol. The second kappa shape index (κ2) is 6.60. The van der Waals surface area contributed by atoms with Crippen LogP contribution in [0.2, 0.25) is 0 Å². The van der Waals surface area contributed by atoms with Gasteiger partial charge in [0.05, 0.1) is 4.90 Å². The molecule has 0 aliphatic heterocycles. The zero-order chi connectivity index (χ0) is 15.5. The Morgan fingerprint density at radius 3 is 2.14 bits per heavy atom. The Hall–Kier alpha value is -1.37. The summed E-state index contributed by atoms with van der Waals surface area (Å²) in [5.74, 6) is -0.346. The molecule has 0 aliphatic carbocycles. The second-order valence-electron chi connectivity index (χ2n) is 4.57. The molecular formula is C15H16FNO2S2. The van der Waals surface area contributed by atoms with E-state index in [1.165, 1.54) is 12.1 Å². The van der Waals surface area contributed by atoms with Crippen molar-refractivity contribution in [1.29, 1.82) is 0 Å². The normalized spacial score (nSPS) is 13.1. The highest BCUT2D eigenvalue weighted by Gasteiger charge is 2.18. The summed E-state index contributed by atoms with van der Waals surface area (Å²) >= 11 is 1.55. The molecule has 0 radical (unpaired) electrons. The Morgan fingerprint density at radius 1 is 1.05 bits per heavy atom. The van der Waals surface area contributed by atoms with Gasteiger partial charge < -0.3 is 0 Å². The van der Waals surface area contributed by atoms with E-state index < -0.39 is 16.1 Å². The molecule has 0 aromatic heterocycles. The van der Waals surface area contributed by atoms with Crippen molar-refractivity contribution in [1.82, 2.24) is 4.72 Å². The fourth-order valence-corrected chi connectivity index (χ4v) is 3.52. The maximum absolute atomic E-state index is 12.9. The van der Waals surface area contributed by atoms with Crippen LogP contribution < -0.4 is 4.72 Å². The quantitative estimate of drug-likeness (QED) is 0.855. The summed E-state index contributed by atoms with van der Waals surface area (Å²) in [5.41, 5.74) is 0.709. The smallest absolute Gasteiger partial charge is 0.207 e. The first kappa shape index (κ1) is 16.0. The molecule has 0 bridgehead atoms. The Balaban J connectivity index is 2.17. The molecule has 2 rings (SSSR count). The van der Waals surface area contributed by atoms with Crippen LogP contribution >= 0.6 is 11.8 Å². The van der Waals surface area contributed by atoms with Crippen LogP contribution in [0.15, 0.2) is 58.3 Å². The molecule has 1 unspecified atom stereocenters. The number of sulfonamides is 1. The Morgan fingerprint density at radius 2 is 1.62 bits per heavy atom. The molecular weight excluding hydrogens is 309 g/mol. The molecule has 6 heteroatoms. The largest absolute Gasteiger partial charge is 0.241 e. The molecule has 0 amide bonds. The summed E-state index contributed by atoms with van der Waals surface area (Å²) in [6, 6.07) is 12.0. The lowest BCUT2D eigenvalue weighted by molar-refractivity contribution is 0.566. The molecule has 2 aromatic carbocycles. The number of thioether (sulfide) groups is 1. The first-order valence-corrected chi connectivity index (χ1v) is 9.05. The molecule has 0 saturated carbocycles. The average molecular weight is 325 g/mol. The monoisotopic (exact) mass is 325 g/mol. The third-order valence-corrected chi connectivity index (χ3v) is 5.37. The van der Waals surface area contributed by atoms with Crippen molar-refractivity contribution in [3.63, 3.8) is 0 Å². The lowest BCUT2D eigenvalue weighted by Gasteiger charge is -2.15. The minimum absolute atomic E-state index is 0.217. The minimum Gasteiger partial charge on any atom is -0.207 e. The third-order valence-electron chi connectivity index (χ3n) is 3.07. The van der Waals surface area contributed by atoms with E-state index in [0.29, 0.717) is 5.56 Å². The summed E-state index contributed by atoms with van der Waals surface area (Å²) in [5, 5.41) is 0. The van der Waals surface area contributed by atoms with Gasteiger partial charge in [0.1, 0.15) is 5.82 Å². The van der Waals surface area contributed by atoms with Crippen molar-refractivity contribution in [3.8, 4) is 0 Å². The van der Waals surface area contributed by atoms with E-state index in [1.54, 1.807) is 55.1 Å². The van der Waals surface area contributed by atoms with Crippen LogP contribution in [0, 0.1) is 5.82 Å². The summed E-state index contributed by atoms with van der Waals surface area (Å²) in [6.45, 7) is 1.72. The molecule has 0 spiro atoms. The highest BCUT2D eigenvalue weighted by molar-refractivity contribution is 7.98. The van der Waals surface area contributed by atoms with Crippen molar-refractivity contribution in [3.05, 3.63) is 59.9 Å². The van der Waals surface area contributed by atoms with Gasteiger partial charge in [0.15, 0.2) is 0 Å². The number of benzene rings is 2. The van der Waals surface area contributed by atoms with Gasteiger partial charge in [-0.15, -0.1) is 11.8 Å². The molecule has 112 valence electrons. The lowest BCUT2D eigenvalue weighted by atomic mass is 10.1. The van der Waals surface area contributed by atoms with E-state index in [0.717, 1.165) is 4.90 Å². The maximum atomic E-state index is 12.9. The van der Waals surface area contributed by atoms with Gasteiger partial charge in [-0.25, -0.2) is 17.5 Å². The van der Waals surface area contributed by atoms with Crippen LogP contribution in [0.5, 0.6) is 0 Å². The molecule has 0 heterocycles.